The Labute approximate surface area is 236 Å². The summed E-state index contributed by atoms with van der Waals surface area (Å²) in [5.74, 6) is -0.855. The second-order valence-electron chi connectivity index (χ2n) is 10.6. The SMILES string of the molecule is Cc1ccc(N(CC(=O)N(Cc2ccccc2C)[C@H](C)C(=O)NC(C)(C)C)S(=O)(=O)c2ccccc2)cc1Cl. The maximum Gasteiger partial charge on any atom is 0.264 e. The lowest BCUT2D eigenvalue weighted by Crippen LogP contribution is -2.54. The van der Waals surface area contributed by atoms with Gasteiger partial charge in [0.15, 0.2) is 0 Å². The molecular weight excluding hydrogens is 534 g/mol. The normalized spacial score (nSPS) is 12.5. The van der Waals surface area contributed by atoms with Crippen LogP contribution >= 0.6 is 11.6 Å². The van der Waals surface area contributed by atoms with E-state index in [1.54, 1.807) is 37.3 Å². The summed E-state index contributed by atoms with van der Waals surface area (Å²) in [6.07, 6.45) is 0. The standard InChI is InChI=1S/C30H36ClN3O4S/c1-21-12-10-11-13-24(21)19-33(23(3)29(36)32-30(4,5)6)28(35)20-34(25-17-16-22(2)27(31)18-25)39(37,38)26-14-8-7-9-15-26/h7-18,23H,19-20H2,1-6H3,(H,32,36)/t23-/m1/s1. The van der Waals surface area contributed by atoms with Crippen LogP contribution in [0.2, 0.25) is 5.02 Å². The summed E-state index contributed by atoms with van der Waals surface area (Å²) in [6.45, 7) is 10.6. The van der Waals surface area contributed by atoms with Crippen molar-refractivity contribution in [3.8, 4) is 0 Å². The maximum atomic E-state index is 14.0. The fourth-order valence-corrected chi connectivity index (χ4v) is 5.61. The second kappa shape index (κ2) is 12.2. The zero-order chi connectivity index (χ0) is 29.0. The molecule has 0 spiro atoms. The molecule has 1 atom stereocenters. The summed E-state index contributed by atoms with van der Waals surface area (Å²) in [5, 5.41) is 3.30. The van der Waals surface area contributed by atoms with Crippen molar-refractivity contribution in [2.24, 2.45) is 0 Å². The van der Waals surface area contributed by atoms with E-state index in [1.165, 1.54) is 23.1 Å². The third kappa shape index (κ3) is 7.61. The van der Waals surface area contributed by atoms with Crippen LogP contribution in [-0.4, -0.2) is 43.3 Å². The molecule has 9 heteroatoms. The molecule has 0 unspecified atom stereocenters. The zero-order valence-electron chi connectivity index (χ0n) is 23.2. The third-order valence-electron chi connectivity index (χ3n) is 6.32. The van der Waals surface area contributed by atoms with E-state index in [1.807, 2.05) is 58.9 Å². The second-order valence-corrected chi connectivity index (χ2v) is 12.9. The van der Waals surface area contributed by atoms with E-state index in [9.17, 15) is 18.0 Å². The van der Waals surface area contributed by atoms with Crippen molar-refractivity contribution < 1.29 is 18.0 Å². The topological polar surface area (TPSA) is 86.8 Å². The van der Waals surface area contributed by atoms with E-state index in [2.05, 4.69) is 5.32 Å². The molecule has 0 radical (unpaired) electrons. The number of nitrogens with zero attached hydrogens (tertiary/aromatic N) is 2. The van der Waals surface area contributed by atoms with Crippen LogP contribution in [0.15, 0.2) is 77.7 Å². The van der Waals surface area contributed by atoms with Crippen LogP contribution in [0.1, 0.15) is 44.4 Å². The minimum atomic E-state index is -4.14. The first-order valence-corrected chi connectivity index (χ1v) is 14.5. The predicted molar refractivity (Wildman–Crippen MR) is 156 cm³/mol. The van der Waals surface area contributed by atoms with Gasteiger partial charge in [0, 0.05) is 17.1 Å². The predicted octanol–water partition coefficient (Wildman–Crippen LogP) is 5.48. The molecule has 0 heterocycles. The van der Waals surface area contributed by atoms with Crippen LogP contribution in [0.5, 0.6) is 0 Å². The van der Waals surface area contributed by atoms with Gasteiger partial charge in [-0.1, -0.05) is 60.1 Å². The molecule has 0 bridgehead atoms. The smallest absolute Gasteiger partial charge is 0.264 e. The molecule has 0 fully saturated rings. The average Bonchev–Trinajstić information content (AvgIpc) is 2.87. The van der Waals surface area contributed by atoms with Gasteiger partial charge in [-0.25, -0.2) is 8.42 Å². The summed E-state index contributed by atoms with van der Waals surface area (Å²) in [7, 11) is -4.14. The number of sulfonamides is 1. The molecule has 0 saturated heterocycles. The zero-order valence-corrected chi connectivity index (χ0v) is 24.8. The Kier molecular flexibility index (Phi) is 9.46. The van der Waals surface area contributed by atoms with Crippen molar-refractivity contribution in [3.63, 3.8) is 0 Å². The van der Waals surface area contributed by atoms with Crippen molar-refractivity contribution in [1.82, 2.24) is 10.2 Å². The van der Waals surface area contributed by atoms with Crippen molar-refractivity contribution in [1.29, 1.82) is 0 Å². The highest BCUT2D eigenvalue weighted by molar-refractivity contribution is 7.92. The molecule has 3 aromatic carbocycles. The van der Waals surface area contributed by atoms with Crippen LogP contribution in [0.3, 0.4) is 0 Å². The molecule has 0 aliphatic rings. The highest BCUT2D eigenvalue weighted by Gasteiger charge is 2.33. The fourth-order valence-electron chi connectivity index (χ4n) is 4.01. The molecule has 0 saturated carbocycles. The van der Waals surface area contributed by atoms with Crippen molar-refractivity contribution in [3.05, 3.63) is 94.5 Å². The van der Waals surface area contributed by atoms with E-state index >= 15 is 0 Å². The number of carbonyl (C=O) groups is 2. The number of benzene rings is 3. The number of rotatable bonds is 9. The van der Waals surface area contributed by atoms with Gasteiger partial charge >= 0.3 is 0 Å². The minimum absolute atomic E-state index is 0.0403. The number of halogens is 1. The summed E-state index contributed by atoms with van der Waals surface area (Å²) < 4.78 is 28.7. The molecule has 39 heavy (non-hydrogen) atoms. The van der Waals surface area contributed by atoms with Crippen LogP contribution in [-0.2, 0) is 26.2 Å². The molecule has 208 valence electrons. The third-order valence-corrected chi connectivity index (χ3v) is 8.52. The van der Waals surface area contributed by atoms with Gasteiger partial charge in [0.05, 0.1) is 10.6 Å². The number of amides is 2. The molecule has 1 N–H and O–H groups in total. The lowest BCUT2D eigenvalue weighted by molar-refractivity contribution is -0.140. The van der Waals surface area contributed by atoms with E-state index in [-0.39, 0.29) is 23.0 Å². The van der Waals surface area contributed by atoms with Gasteiger partial charge in [0.2, 0.25) is 11.8 Å². The molecule has 2 amide bonds. The van der Waals surface area contributed by atoms with Crippen molar-refractivity contribution >= 4 is 39.1 Å². The summed E-state index contributed by atoms with van der Waals surface area (Å²) in [6, 6.07) is 19.5. The number of aryl methyl sites for hydroxylation is 2. The molecule has 3 rings (SSSR count). The van der Waals surface area contributed by atoms with Crippen LogP contribution in [0.4, 0.5) is 5.69 Å². The van der Waals surface area contributed by atoms with Crippen molar-refractivity contribution in [2.75, 3.05) is 10.8 Å². The minimum Gasteiger partial charge on any atom is -0.350 e. The summed E-state index contributed by atoms with van der Waals surface area (Å²) in [4.78, 5) is 28.6. The molecule has 3 aromatic rings. The Morgan fingerprint density at radius 1 is 0.923 bits per heavy atom. The van der Waals surface area contributed by atoms with E-state index in [4.69, 9.17) is 11.6 Å². The Balaban J connectivity index is 2.06. The van der Waals surface area contributed by atoms with Gasteiger partial charge in [0.25, 0.3) is 10.0 Å². The van der Waals surface area contributed by atoms with Gasteiger partial charge in [-0.15, -0.1) is 0 Å². The quantitative estimate of drug-likeness (QED) is 0.369. The Bertz CT molecular complexity index is 1440. The van der Waals surface area contributed by atoms with Crippen LogP contribution < -0.4 is 9.62 Å². The lowest BCUT2D eigenvalue weighted by Gasteiger charge is -2.34. The van der Waals surface area contributed by atoms with E-state index < -0.39 is 34.1 Å². The summed E-state index contributed by atoms with van der Waals surface area (Å²) >= 11 is 6.36. The number of nitrogens with one attached hydrogen (secondary N) is 1. The lowest BCUT2D eigenvalue weighted by atomic mass is 10.1. The fraction of sp³-hybridized carbons (Fsp3) is 0.333. The van der Waals surface area contributed by atoms with Crippen LogP contribution in [0, 0.1) is 13.8 Å². The molecular formula is C30H36ClN3O4S. The molecule has 0 aromatic heterocycles. The number of carbonyl (C=O) groups excluding carboxylic acids is 2. The van der Waals surface area contributed by atoms with E-state index in [0.29, 0.717) is 5.02 Å². The van der Waals surface area contributed by atoms with Crippen LogP contribution in [0.25, 0.3) is 0 Å². The first-order valence-electron chi connectivity index (χ1n) is 12.7. The number of hydrogen-bond acceptors (Lipinski definition) is 4. The van der Waals surface area contributed by atoms with E-state index in [0.717, 1.165) is 21.0 Å². The molecule has 0 aliphatic carbocycles. The maximum absolute atomic E-state index is 14.0. The highest BCUT2D eigenvalue weighted by Crippen LogP contribution is 2.28. The molecule has 7 nitrogen and oxygen atoms in total. The van der Waals surface area contributed by atoms with Gasteiger partial charge in [-0.2, -0.15) is 0 Å². The monoisotopic (exact) mass is 569 g/mol. The largest absolute Gasteiger partial charge is 0.350 e. The highest BCUT2D eigenvalue weighted by atomic mass is 35.5. The summed E-state index contributed by atoms with van der Waals surface area (Å²) in [5.41, 5.74) is 2.34. The first kappa shape index (κ1) is 30.2. The molecule has 0 aliphatic heterocycles. The Morgan fingerprint density at radius 2 is 1.54 bits per heavy atom. The number of anilines is 1. The van der Waals surface area contributed by atoms with Gasteiger partial charge in [-0.05, 0) is 82.5 Å². The first-order chi connectivity index (χ1) is 18.2. The Morgan fingerprint density at radius 3 is 2.13 bits per heavy atom. The average molecular weight is 570 g/mol. The van der Waals surface area contributed by atoms with Gasteiger partial charge < -0.3 is 10.2 Å². The Hall–Kier alpha value is -3.36. The van der Waals surface area contributed by atoms with Crippen molar-refractivity contribution in [2.45, 2.75) is 64.6 Å². The van der Waals surface area contributed by atoms with Gasteiger partial charge in [0.1, 0.15) is 12.6 Å². The number of hydrogen-bond donors (Lipinski definition) is 1. The van der Waals surface area contributed by atoms with Gasteiger partial charge in [-0.3, -0.25) is 13.9 Å².